The molecule has 0 spiro atoms. The number of rotatable bonds is 5. The van der Waals surface area contributed by atoms with Gasteiger partial charge in [-0.25, -0.2) is 14.8 Å². The smallest absolute Gasteiger partial charge is 0.315 e. The first-order valence-electron chi connectivity index (χ1n) is 6.96. The Hall–Kier alpha value is -2.15. The summed E-state index contributed by atoms with van der Waals surface area (Å²) in [5.74, 6) is 0.547. The van der Waals surface area contributed by atoms with Crippen molar-refractivity contribution in [1.82, 2.24) is 20.6 Å². The summed E-state index contributed by atoms with van der Waals surface area (Å²) in [7, 11) is 1.58. The number of carbonyl (C=O) groups excluding carboxylic acids is 1. The number of thiazole rings is 1. The molecule has 2 amide bonds. The number of nitrogens with one attached hydrogen (secondary N) is 2. The second-order valence-electron chi connectivity index (χ2n) is 4.99. The zero-order chi connectivity index (χ0) is 16.1. The van der Waals surface area contributed by atoms with Crippen molar-refractivity contribution in [2.75, 3.05) is 7.11 Å². The predicted molar refractivity (Wildman–Crippen MR) is 86.2 cm³/mol. The van der Waals surface area contributed by atoms with Gasteiger partial charge >= 0.3 is 6.03 Å². The average molecular weight is 320 g/mol. The van der Waals surface area contributed by atoms with E-state index in [0.29, 0.717) is 12.4 Å². The molecule has 1 atom stereocenters. The van der Waals surface area contributed by atoms with E-state index in [9.17, 15) is 4.79 Å². The molecule has 2 N–H and O–H groups in total. The van der Waals surface area contributed by atoms with Crippen LogP contribution in [0, 0.1) is 13.8 Å². The monoisotopic (exact) mass is 320 g/mol. The number of hydrogen-bond acceptors (Lipinski definition) is 5. The summed E-state index contributed by atoms with van der Waals surface area (Å²) in [5, 5.41) is 8.45. The molecule has 0 aliphatic rings. The maximum Gasteiger partial charge on any atom is 0.315 e. The molecule has 2 aromatic rings. The second kappa shape index (κ2) is 7.22. The number of pyridine rings is 1. The number of hydrogen-bond donors (Lipinski definition) is 2. The Labute approximate surface area is 133 Å². The molecule has 22 heavy (non-hydrogen) atoms. The van der Waals surface area contributed by atoms with E-state index in [-0.39, 0.29) is 12.1 Å². The van der Waals surface area contributed by atoms with Gasteiger partial charge in [-0.15, -0.1) is 11.3 Å². The van der Waals surface area contributed by atoms with Crippen LogP contribution < -0.4 is 15.4 Å². The zero-order valence-corrected chi connectivity index (χ0v) is 14.0. The van der Waals surface area contributed by atoms with Crippen molar-refractivity contribution in [2.24, 2.45) is 0 Å². The Balaban J connectivity index is 1.97. The fourth-order valence-corrected chi connectivity index (χ4v) is 2.79. The van der Waals surface area contributed by atoms with Gasteiger partial charge in [-0.2, -0.15) is 0 Å². The Morgan fingerprint density at radius 3 is 2.86 bits per heavy atom. The van der Waals surface area contributed by atoms with Gasteiger partial charge in [0.15, 0.2) is 0 Å². The van der Waals surface area contributed by atoms with Crippen LogP contribution in [0.4, 0.5) is 4.79 Å². The number of ether oxygens (including phenoxy) is 1. The topological polar surface area (TPSA) is 76.1 Å². The van der Waals surface area contributed by atoms with Crippen molar-refractivity contribution >= 4 is 17.4 Å². The number of amides is 2. The number of carbonyl (C=O) groups is 1. The lowest BCUT2D eigenvalue weighted by Crippen LogP contribution is -2.36. The first-order chi connectivity index (χ1) is 10.5. The van der Waals surface area contributed by atoms with Gasteiger partial charge in [0.05, 0.1) is 19.7 Å². The summed E-state index contributed by atoms with van der Waals surface area (Å²) in [6.07, 6.45) is 1.72. The van der Waals surface area contributed by atoms with Crippen LogP contribution in [0.3, 0.4) is 0 Å². The summed E-state index contributed by atoms with van der Waals surface area (Å²) < 4.78 is 5.29. The largest absolute Gasteiger partial charge is 0.481 e. The van der Waals surface area contributed by atoms with Crippen LogP contribution in [0.2, 0.25) is 0 Å². The highest BCUT2D eigenvalue weighted by atomic mass is 32.1. The Morgan fingerprint density at radius 1 is 1.45 bits per heavy atom. The molecule has 2 heterocycles. The lowest BCUT2D eigenvalue weighted by atomic mass is 10.1. The van der Waals surface area contributed by atoms with E-state index < -0.39 is 0 Å². The number of nitrogens with zero attached hydrogens (tertiary/aromatic N) is 2. The molecule has 118 valence electrons. The van der Waals surface area contributed by atoms with E-state index in [0.717, 1.165) is 21.8 Å². The molecule has 6 nitrogen and oxygen atoms in total. The fourth-order valence-electron chi connectivity index (χ4n) is 2.14. The van der Waals surface area contributed by atoms with Gasteiger partial charge in [0, 0.05) is 22.8 Å². The number of aryl methyl sites for hydroxylation is 2. The number of methoxy groups -OCH3 is 1. The van der Waals surface area contributed by atoms with Gasteiger partial charge in [0.1, 0.15) is 5.01 Å². The third-order valence-electron chi connectivity index (χ3n) is 3.23. The summed E-state index contributed by atoms with van der Waals surface area (Å²) in [4.78, 5) is 20.5. The molecule has 0 saturated heterocycles. The molecule has 2 aromatic heterocycles. The minimum Gasteiger partial charge on any atom is -0.481 e. The molecule has 0 saturated carbocycles. The third kappa shape index (κ3) is 3.94. The molecule has 0 aromatic carbocycles. The summed E-state index contributed by atoms with van der Waals surface area (Å²) >= 11 is 1.51. The third-order valence-corrected chi connectivity index (χ3v) is 4.18. The first-order valence-corrected chi connectivity index (χ1v) is 7.84. The predicted octanol–water partition coefficient (Wildman–Crippen LogP) is 2.72. The molecule has 7 heteroatoms. The minimum absolute atomic E-state index is 0.126. The fraction of sp³-hybridized carbons (Fsp3) is 0.400. The first kappa shape index (κ1) is 16.2. The Bertz CT molecular complexity index is 643. The molecule has 0 aliphatic heterocycles. The number of aromatic nitrogens is 2. The summed E-state index contributed by atoms with van der Waals surface area (Å²) in [6, 6.07) is 1.60. The summed E-state index contributed by atoms with van der Waals surface area (Å²) in [5.41, 5.74) is 2.81. The average Bonchev–Trinajstić information content (AvgIpc) is 2.99. The van der Waals surface area contributed by atoms with E-state index in [1.807, 2.05) is 32.2 Å². The van der Waals surface area contributed by atoms with Gasteiger partial charge < -0.3 is 15.4 Å². The molecular formula is C15H20N4O2S. The zero-order valence-electron chi connectivity index (χ0n) is 13.1. The molecule has 0 bridgehead atoms. The Morgan fingerprint density at radius 2 is 2.23 bits per heavy atom. The van der Waals surface area contributed by atoms with Crippen LogP contribution in [-0.2, 0) is 6.54 Å². The summed E-state index contributed by atoms with van der Waals surface area (Å²) in [6.45, 7) is 6.15. The van der Waals surface area contributed by atoms with Crippen LogP contribution in [0.1, 0.15) is 34.8 Å². The second-order valence-corrected chi connectivity index (χ2v) is 5.91. The van der Waals surface area contributed by atoms with Gasteiger partial charge in [0.2, 0.25) is 5.88 Å². The highest BCUT2D eigenvalue weighted by Gasteiger charge is 2.14. The van der Waals surface area contributed by atoms with Gasteiger partial charge in [0.25, 0.3) is 0 Å². The van der Waals surface area contributed by atoms with E-state index in [4.69, 9.17) is 4.74 Å². The highest BCUT2D eigenvalue weighted by molar-refractivity contribution is 7.09. The van der Waals surface area contributed by atoms with E-state index in [2.05, 4.69) is 20.6 Å². The molecule has 0 fully saturated rings. The molecule has 0 aliphatic carbocycles. The van der Waals surface area contributed by atoms with Crippen LogP contribution in [0.5, 0.6) is 5.88 Å². The van der Waals surface area contributed by atoms with Crippen molar-refractivity contribution in [3.63, 3.8) is 0 Å². The van der Waals surface area contributed by atoms with Crippen molar-refractivity contribution in [3.8, 4) is 5.88 Å². The number of urea groups is 1. The van der Waals surface area contributed by atoms with Crippen molar-refractivity contribution in [2.45, 2.75) is 33.4 Å². The molecular weight excluding hydrogens is 300 g/mol. The van der Waals surface area contributed by atoms with Gasteiger partial charge in [-0.3, -0.25) is 0 Å². The molecule has 0 unspecified atom stereocenters. The van der Waals surface area contributed by atoms with Crippen molar-refractivity contribution < 1.29 is 9.53 Å². The van der Waals surface area contributed by atoms with Gasteiger partial charge in [-0.1, -0.05) is 0 Å². The highest BCUT2D eigenvalue weighted by Crippen LogP contribution is 2.20. The quantitative estimate of drug-likeness (QED) is 0.888. The van der Waals surface area contributed by atoms with Gasteiger partial charge in [-0.05, 0) is 32.4 Å². The molecule has 2 rings (SSSR count). The lowest BCUT2D eigenvalue weighted by Gasteiger charge is -2.15. The van der Waals surface area contributed by atoms with Crippen LogP contribution >= 0.6 is 11.3 Å². The normalized spacial score (nSPS) is 11.8. The maximum atomic E-state index is 12.0. The van der Waals surface area contributed by atoms with Crippen molar-refractivity contribution in [3.05, 3.63) is 39.5 Å². The lowest BCUT2D eigenvalue weighted by molar-refractivity contribution is 0.237. The van der Waals surface area contributed by atoms with Crippen molar-refractivity contribution in [1.29, 1.82) is 0 Å². The van der Waals surface area contributed by atoms with E-state index in [1.165, 1.54) is 11.3 Å². The van der Waals surface area contributed by atoms with Crippen LogP contribution in [-0.4, -0.2) is 23.1 Å². The van der Waals surface area contributed by atoms with Crippen LogP contribution in [0.15, 0.2) is 17.6 Å². The SMILES string of the molecule is COc1nc(C)cc(C)c1CNC(=O)N[C@@H](C)c1nccs1. The molecule has 0 radical (unpaired) electrons. The Kier molecular flexibility index (Phi) is 5.32. The maximum absolute atomic E-state index is 12.0. The van der Waals surface area contributed by atoms with E-state index >= 15 is 0 Å². The van der Waals surface area contributed by atoms with Crippen LogP contribution in [0.25, 0.3) is 0 Å². The minimum atomic E-state index is -0.246. The standard InChI is InChI=1S/C15H20N4O2S/c1-9-7-10(2)18-13(21-4)12(9)8-17-15(20)19-11(3)14-16-5-6-22-14/h5-7,11H,8H2,1-4H3,(H2,17,19,20)/t11-/m0/s1. The van der Waals surface area contributed by atoms with E-state index in [1.54, 1.807) is 13.3 Å².